The van der Waals surface area contributed by atoms with Crippen molar-refractivity contribution in [3.05, 3.63) is 108 Å². The summed E-state index contributed by atoms with van der Waals surface area (Å²) in [4.78, 5) is 7.26. The molecule has 2 heterocycles. The molecule has 0 amide bonds. The number of aromatic nitrogens is 1. The fraction of sp³-hybridized carbons (Fsp3) is 0.207. The van der Waals surface area contributed by atoms with Gasteiger partial charge in [-0.15, -0.1) is 0 Å². The Morgan fingerprint density at radius 2 is 1.84 bits per heavy atom. The van der Waals surface area contributed by atoms with Crippen LogP contribution >= 0.6 is 0 Å². The molecule has 160 valence electrons. The van der Waals surface area contributed by atoms with Gasteiger partial charge in [0.2, 0.25) is 0 Å². The first-order chi connectivity index (χ1) is 15.7. The number of pyridine rings is 1. The van der Waals surface area contributed by atoms with Gasteiger partial charge in [-0.3, -0.25) is 0 Å². The second kappa shape index (κ2) is 8.88. The van der Waals surface area contributed by atoms with Crippen LogP contribution in [0.3, 0.4) is 0 Å². The molecule has 3 nitrogen and oxygen atoms in total. The zero-order chi connectivity index (χ0) is 21.9. The lowest BCUT2D eigenvalue weighted by atomic mass is 10.0. The maximum atomic E-state index is 4.76. The Kier molecular flexibility index (Phi) is 5.64. The molecule has 3 heteroatoms. The molecule has 4 aromatic rings. The largest absolute Gasteiger partial charge is 0.364 e. The maximum absolute atomic E-state index is 4.76. The van der Waals surface area contributed by atoms with Gasteiger partial charge in [-0.25, -0.2) is 4.98 Å². The van der Waals surface area contributed by atoms with Gasteiger partial charge in [0, 0.05) is 19.3 Å². The number of anilines is 2. The predicted octanol–water partition coefficient (Wildman–Crippen LogP) is 7.00. The molecule has 1 N–H and O–H groups in total. The second-order valence-corrected chi connectivity index (χ2v) is 8.61. The third kappa shape index (κ3) is 4.11. The van der Waals surface area contributed by atoms with Gasteiger partial charge in [-0.2, -0.15) is 0 Å². The Bertz CT molecular complexity index is 1240. The van der Waals surface area contributed by atoms with E-state index in [1.165, 1.54) is 39.6 Å². The average Bonchev–Trinajstić information content (AvgIpc) is 2.84. The third-order valence-corrected chi connectivity index (χ3v) is 6.41. The van der Waals surface area contributed by atoms with Crippen LogP contribution in [-0.4, -0.2) is 11.5 Å². The van der Waals surface area contributed by atoms with E-state index in [4.69, 9.17) is 4.98 Å². The fourth-order valence-corrected chi connectivity index (χ4v) is 4.65. The van der Waals surface area contributed by atoms with Crippen molar-refractivity contribution >= 4 is 28.4 Å². The van der Waals surface area contributed by atoms with Crippen molar-refractivity contribution in [2.75, 3.05) is 16.8 Å². The molecule has 0 saturated heterocycles. The quantitative estimate of drug-likeness (QED) is 0.364. The Balaban J connectivity index is 1.42. The second-order valence-electron chi connectivity index (χ2n) is 8.61. The van der Waals surface area contributed by atoms with E-state index in [9.17, 15) is 0 Å². The van der Waals surface area contributed by atoms with Crippen molar-refractivity contribution in [2.24, 2.45) is 0 Å². The average molecular weight is 420 g/mol. The Morgan fingerprint density at radius 3 is 2.66 bits per heavy atom. The SMILES string of the molecule is C=Cc1ccc(C(C)Nc2nccc3c2N(Cc2ccc4ccccc4c2)CCC3)cc1. The summed E-state index contributed by atoms with van der Waals surface area (Å²) in [6, 6.07) is 26.3. The minimum atomic E-state index is 0.164. The fourth-order valence-electron chi connectivity index (χ4n) is 4.65. The van der Waals surface area contributed by atoms with Gasteiger partial charge < -0.3 is 10.2 Å². The summed E-state index contributed by atoms with van der Waals surface area (Å²) in [7, 11) is 0. The molecule has 1 aliphatic rings. The lowest BCUT2D eigenvalue weighted by Crippen LogP contribution is -2.30. The van der Waals surface area contributed by atoms with Gasteiger partial charge in [0.25, 0.3) is 0 Å². The molecular formula is C29H29N3. The molecule has 1 aliphatic heterocycles. The van der Waals surface area contributed by atoms with Crippen molar-refractivity contribution < 1.29 is 0 Å². The van der Waals surface area contributed by atoms with Gasteiger partial charge >= 0.3 is 0 Å². The molecule has 1 atom stereocenters. The molecule has 0 spiro atoms. The summed E-state index contributed by atoms with van der Waals surface area (Å²) in [5.41, 5.74) is 6.34. The minimum absolute atomic E-state index is 0.164. The van der Waals surface area contributed by atoms with Crippen molar-refractivity contribution in [1.29, 1.82) is 0 Å². The van der Waals surface area contributed by atoms with Crippen LogP contribution in [0.4, 0.5) is 11.5 Å². The van der Waals surface area contributed by atoms with E-state index in [0.717, 1.165) is 30.9 Å². The molecule has 1 aromatic heterocycles. The first-order valence-electron chi connectivity index (χ1n) is 11.4. The van der Waals surface area contributed by atoms with E-state index in [0.29, 0.717) is 0 Å². The Morgan fingerprint density at radius 1 is 1.03 bits per heavy atom. The first-order valence-corrected chi connectivity index (χ1v) is 11.4. The summed E-state index contributed by atoms with van der Waals surface area (Å²) >= 11 is 0. The molecule has 0 aliphatic carbocycles. The highest BCUT2D eigenvalue weighted by Crippen LogP contribution is 2.36. The smallest absolute Gasteiger partial charge is 0.150 e. The zero-order valence-electron chi connectivity index (χ0n) is 18.6. The molecule has 5 rings (SSSR count). The molecule has 3 aromatic carbocycles. The van der Waals surface area contributed by atoms with E-state index in [1.54, 1.807) is 0 Å². The summed E-state index contributed by atoms with van der Waals surface area (Å²) < 4.78 is 0. The van der Waals surface area contributed by atoms with E-state index >= 15 is 0 Å². The minimum Gasteiger partial charge on any atom is -0.364 e. The number of hydrogen-bond acceptors (Lipinski definition) is 3. The van der Waals surface area contributed by atoms with Crippen molar-refractivity contribution in [2.45, 2.75) is 32.4 Å². The van der Waals surface area contributed by atoms with Crippen LogP contribution in [0.2, 0.25) is 0 Å². The van der Waals surface area contributed by atoms with Gasteiger partial charge in [0.15, 0.2) is 0 Å². The van der Waals surface area contributed by atoms with Crippen molar-refractivity contribution in [1.82, 2.24) is 4.98 Å². The summed E-state index contributed by atoms with van der Waals surface area (Å²) in [5.74, 6) is 0.975. The molecule has 0 radical (unpaired) electrons. The van der Waals surface area contributed by atoms with Crippen LogP contribution in [0, 0.1) is 0 Å². The third-order valence-electron chi connectivity index (χ3n) is 6.41. The summed E-state index contributed by atoms with van der Waals surface area (Å²) in [6.07, 6.45) is 6.08. The molecule has 32 heavy (non-hydrogen) atoms. The highest BCUT2D eigenvalue weighted by atomic mass is 15.2. The maximum Gasteiger partial charge on any atom is 0.150 e. The normalized spacial score (nSPS) is 14.1. The topological polar surface area (TPSA) is 28.2 Å². The highest BCUT2D eigenvalue weighted by Gasteiger charge is 2.22. The zero-order valence-corrected chi connectivity index (χ0v) is 18.6. The highest BCUT2D eigenvalue weighted by molar-refractivity contribution is 5.83. The van der Waals surface area contributed by atoms with Crippen LogP contribution < -0.4 is 10.2 Å². The van der Waals surface area contributed by atoms with E-state index in [-0.39, 0.29) is 6.04 Å². The van der Waals surface area contributed by atoms with Crippen LogP contribution in [0.5, 0.6) is 0 Å². The molecule has 1 unspecified atom stereocenters. The van der Waals surface area contributed by atoms with Crippen molar-refractivity contribution in [3.63, 3.8) is 0 Å². The van der Waals surface area contributed by atoms with Crippen molar-refractivity contribution in [3.8, 4) is 0 Å². The summed E-state index contributed by atoms with van der Waals surface area (Å²) in [6.45, 7) is 7.98. The van der Waals surface area contributed by atoms with Gasteiger partial charge in [-0.1, -0.05) is 73.3 Å². The number of benzene rings is 3. The number of rotatable bonds is 6. The lowest BCUT2D eigenvalue weighted by Gasteiger charge is -2.33. The van der Waals surface area contributed by atoms with Gasteiger partial charge in [-0.05, 0) is 64.9 Å². The monoisotopic (exact) mass is 419 g/mol. The predicted molar refractivity (Wildman–Crippen MR) is 136 cm³/mol. The Labute approximate surface area is 190 Å². The van der Waals surface area contributed by atoms with E-state index < -0.39 is 0 Å². The van der Waals surface area contributed by atoms with Crippen LogP contribution in [-0.2, 0) is 13.0 Å². The number of hydrogen-bond donors (Lipinski definition) is 1. The van der Waals surface area contributed by atoms with E-state index in [2.05, 4.69) is 96.5 Å². The lowest BCUT2D eigenvalue weighted by molar-refractivity contribution is 0.688. The molecular weight excluding hydrogens is 390 g/mol. The van der Waals surface area contributed by atoms with Crippen LogP contribution in [0.1, 0.15) is 41.6 Å². The standard InChI is InChI=1S/C29H29N3/c1-3-22-10-13-24(14-11-22)21(2)31-29-28-26(16-17-30-29)9-6-18-32(28)20-23-12-15-25-7-4-5-8-27(25)19-23/h3-5,7-8,10-17,19,21H,1,6,9,18,20H2,2H3,(H,30,31). The van der Waals surface area contributed by atoms with Crippen LogP contribution in [0.15, 0.2) is 85.6 Å². The van der Waals surface area contributed by atoms with E-state index in [1.807, 2.05) is 12.3 Å². The van der Waals surface area contributed by atoms with Gasteiger partial charge in [0.1, 0.15) is 5.82 Å². The number of aryl methyl sites for hydroxylation is 1. The number of fused-ring (bicyclic) bond motifs is 2. The summed E-state index contributed by atoms with van der Waals surface area (Å²) in [5, 5.41) is 6.27. The number of nitrogens with one attached hydrogen (secondary N) is 1. The van der Waals surface area contributed by atoms with Crippen LogP contribution in [0.25, 0.3) is 16.8 Å². The molecule has 0 fully saturated rings. The molecule has 0 bridgehead atoms. The first kappa shape index (κ1) is 20.3. The molecule has 0 saturated carbocycles. The number of nitrogens with zero attached hydrogens (tertiary/aromatic N) is 2. The Hall–Kier alpha value is -3.59. The van der Waals surface area contributed by atoms with Gasteiger partial charge in [0.05, 0.1) is 11.7 Å².